The molecule has 0 amide bonds. The Morgan fingerprint density at radius 1 is 0.552 bits per heavy atom. The second kappa shape index (κ2) is 17.8. The first kappa shape index (κ1) is 26.1. The number of hydrogen-bond acceptors (Lipinski definition) is 1. The van der Waals surface area contributed by atoms with E-state index in [9.17, 15) is 0 Å². The van der Waals surface area contributed by atoms with E-state index in [2.05, 4.69) is 50.8 Å². The van der Waals surface area contributed by atoms with E-state index < -0.39 is 0 Å². The van der Waals surface area contributed by atoms with Gasteiger partial charge in [-0.15, -0.1) is 0 Å². The van der Waals surface area contributed by atoms with Gasteiger partial charge in [0.25, 0.3) is 0 Å². The van der Waals surface area contributed by atoms with E-state index in [0.29, 0.717) is 0 Å². The Hall–Kier alpha value is -0.980. The first-order chi connectivity index (χ1) is 14.2. The summed E-state index contributed by atoms with van der Waals surface area (Å²) in [6.45, 7) is 11.6. The van der Waals surface area contributed by atoms with Crippen LogP contribution >= 0.6 is 0 Å². The van der Waals surface area contributed by atoms with Crippen LogP contribution in [0.15, 0.2) is 18.2 Å². The van der Waals surface area contributed by atoms with Crippen LogP contribution in [0.1, 0.15) is 128 Å². The van der Waals surface area contributed by atoms with Crippen molar-refractivity contribution in [3.8, 4) is 0 Å². The predicted octanol–water partition coefficient (Wildman–Crippen LogP) is 9.39. The Bertz CT molecular complexity index is 473. The first-order valence-electron chi connectivity index (χ1n) is 13.0. The Morgan fingerprint density at radius 2 is 0.966 bits per heavy atom. The highest BCUT2D eigenvalue weighted by atomic mass is 15.1. The number of aryl methyl sites for hydroxylation is 1. The molecule has 0 saturated carbocycles. The minimum Gasteiger partial charge on any atom is -0.371 e. The minimum atomic E-state index is 1.23. The van der Waals surface area contributed by atoms with Gasteiger partial charge >= 0.3 is 0 Å². The van der Waals surface area contributed by atoms with Crippen LogP contribution in [-0.4, -0.2) is 13.1 Å². The molecule has 0 aliphatic rings. The summed E-state index contributed by atoms with van der Waals surface area (Å²) in [7, 11) is 0. The lowest BCUT2D eigenvalue weighted by atomic mass is 10.0. The summed E-state index contributed by atoms with van der Waals surface area (Å²) in [6.07, 6.45) is 22.5. The fraction of sp³-hybridized carbons (Fsp3) is 0.786. The monoisotopic (exact) mass is 401 g/mol. The second-order valence-electron chi connectivity index (χ2n) is 9.16. The molecule has 1 aromatic carbocycles. The standard InChI is InChI=1S/C28H51N/c1-5-7-9-11-13-15-17-19-24-29(28-23-21-22-26(3)27(28)4)25-20-18-16-14-12-10-8-6-2/h21-23H,5-20,24-25H2,1-4H3. The number of rotatable bonds is 19. The van der Waals surface area contributed by atoms with Crippen LogP contribution in [0, 0.1) is 13.8 Å². The molecule has 0 atom stereocenters. The SMILES string of the molecule is CCCCCCCCCCN(CCCCCCCCCC)c1cccc(C)c1C. The highest BCUT2D eigenvalue weighted by Gasteiger charge is 2.10. The van der Waals surface area contributed by atoms with Crippen molar-refractivity contribution >= 4 is 5.69 Å². The average molecular weight is 402 g/mol. The molecule has 1 rings (SSSR count). The molecule has 1 nitrogen and oxygen atoms in total. The molecule has 0 radical (unpaired) electrons. The molecule has 0 aromatic heterocycles. The number of unbranched alkanes of at least 4 members (excludes halogenated alkanes) is 14. The predicted molar refractivity (Wildman–Crippen MR) is 133 cm³/mol. The maximum absolute atomic E-state index is 2.69. The molecule has 1 heteroatoms. The smallest absolute Gasteiger partial charge is 0.0398 e. The first-order valence-corrected chi connectivity index (χ1v) is 13.0. The lowest BCUT2D eigenvalue weighted by Crippen LogP contribution is -2.26. The molecular formula is C28H51N. The van der Waals surface area contributed by atoms with Crippen molar-refractivity contribution in [1.29, 1.82) is 0 Å². The van der Waals surface area contributed by atoms with Crippen LogP contribution < -0.4 is 4.90 Å². The summed E-state index contributed by atoms with van der Waals surface area (Å²) in [4.78, 5) is 2.69. The van der Waals surface area contributed by atoms with E-state index in [1.807, 2.05) is 0 Å². The molecule has 1 aromatic rings. The summed E-state index contributed by atoms with van der Waals surface area (Å²) in [6, 6.07) is 6.84. The van der Waals surface area contributed by atoms with Gasteiger partial charge in [0.2, 0.25) is 0 Å². The van der Waals surface area contributed by atoms with Crippen LogP contribution in [0.4, 0.5) is 5.69 Å². The quantitative estimate of drug-likeness (QED) is 0.209. The Kier molecular flexibility index (Phi) is 16.0. The van der Waals surface area contributed by atoms with Crippen molar-refractivity contribution < 1.29 is 0 Å². The van der Waals surface area contributed by atoms with E-state index in [1.54, 1.807) is 0 Å². The van der Waals surface area contributed by atoms with Gasteiger partial charge in [0.15, 0.2) is 0 Å². The summed E-state index contributed by atoms with van der Waals surface area (Å²) >= 11 is 0. The fourth-order valence-corrected chi connectivity index (χ4v) is 4.30. The van der Waals surface area contributed by atoms with Crippen molar-refractivity contribution in [3.63, 3.8) is 0 Å². The number of hydrogen-bond donors (Lipinski definition) is 0. The van der Waals surface area contributed by atoms with Crippen LogP contribution in [0.3, 0.4) is 0 Å². The van der Waals surface area contributed by atoms with E-state index in [1.165, 1.54) is 133 Å². The van der Waals surface area contributed by atoms with Crippen LogP contribution in [0.25, 0.3) is 0 Å². The summed E-state index contributed by atoms with van der Waals surface area (Å²) in [5.41, 5.74) is 4.39. The number of anilines is 1. The average Bonchev–Trinajstić information content (AvgIpc) is 2.72. The van der Waals surface area contributed by atoms with Crippen LogP contribution in [0.2, 0.25) is 0 Å². The van der Waals surface area contributed by atoms with Gasteiger partial charge in [-0.25, -0.2) is 0 Å². The van der Waals surface area contributed by atoms with Crippen molar-refractivity contribution in [3.05, 3.63) is 29.3 Å². The Labute approximate surface area is 183 Å². The zero-order valence-electron chi connectivity index (χ0n) is 20.4. The number of nitrogens with zero attached hydrogens (tertiary/aromatic N) is 1. The molecule has 0 aliphatic carbocycles. The maximum Gasteiger partial charge on any atom is 0.0398 e. The maximum atomic E-state index is 2.69. The zero-order chi connectivity index (χ0) is 21.2. The number of benzene rings is 1. The fourth-order valence-electron chi connectivity index (χ4n) is 4.30. The third-order valence-corrected chi connectivity index (χ3v) is 6.48. The minimum absolute atomic E-state index is 1.23. The second-order valence-corrected chi connectivity index (χ2v) is 9.16. The van der Waals surface area contributed by atoms with E-state index in [4.69, 9.17) is 0 Å². The van der Waals surface area contributed by atoms with Crippen molar-refractivity contribution in [1.82, 2.24) is 0 Å². The van der Waals surface area contributed by atoms with Crippen LogP contribution in [-0.2, 0) is 0 Å². The lowest BCUT2D eigenvalue weighted by molar-refractivity contribution is 0.555. The molecule has 0 aliphatic heterocycles. The van der Waals surface area contributed by atoms with Crippen molar-refractivity contribution in [2.24, 2.45) is 0 Å². The summed E-state index contributed by atoms with van der Waals surface area (Å²) in [5.74, 6) is 0. The normalized spacial score (nSPS) is 11.2. The van der Waals surface area contributed by atoms with Gasteiger partial charge in [0.1, 0.15) is 0 Å². The van der Waals surface area contributed by atoms with Gasteiger partial charge < -0.3 is 4.90 Å². The molecule has 168 valence electrons. The third kappa shape index (κ3) is 12.3. The molecule has 0 spiro atoms. The molecule has 0 bridgehead atoms. The van der Waals surface area contributed by atoms with Gasteiger partial charge in [-0.2, -0.15) is 0 Å². The van der Waals surface area contributed by atoms with E-state index in [0.717, 1.165) is 0 Å². The molecule has 0 saturated heterocycles. The van der Waals surface area contributed by atoms with Gasteiger partial charge in [-0.05, 0) is 43.9 Å². The molecule has 0 N–H and O–H groups in total. The molecule has 29 heavy (non-hydrogen) atoms. The van der Waals surface area contributed by atoms with Gasteiger partial charge in [0, 0.05) is 18.8 Å². The third-order valence-electron chi connectivity index (χ3n) is 6.48. The summed E-state index contributed by atoms with van der Waals surface area (Å²) < 4.78 is 0. The molecular weight excluding hydrogens is 350 g/mol. The highest BCUT2D eigenvalue weighted by molar-refractivity contribution is 5.55. The summed E-state index contributed by atoms with van der Waals surface area (Å²) in [5, 5.41) is 0. The van der Waals surface area contributed by atoms with E-state index >= 15 is 0 Å². The lowest BCUT2D eigenvalue weighted by Gasteiger charge is -2.27. The topological polar surface area (TPSA) is 3.24 Å². The largest absolute Gasteiger partial charge is 0.371 e. The zero-order valence-corrected chi connectivity index (χ0v) is 20.4. The Morgan fingerprint density at radius 3 is 1.41 bits per heavy atom. The van der Waals surface area contributed by atoms with Crippen molar-refractivity contribution in [2.45, 2.75) is 130 Å². The molecule has 0 unspecified atom stereocenters. The molecule has 0 heterocycles. The van der Waals surface area contributed by atoms with Gasteiger partial charge in [0.05, 0.1) is 0 Å². The van der Waals surface area contributed by atoms with Crippen LogP contribution in [0.5, 0.6) is 0 Å². The Balaban J connectivity index is 2.35. The van der Waals surface area contributed by atoms with E-state index in [-0.39, 0.29) is 0 Å². The van der Waals surface area contributed by atoms with Gasteiger partial charge in [-0.3, -0.25) is 0 Å². The highest BCUT2D eigenvalue weighted by Crippen LogP contribution is 2.24. The van der Waals surface area contributed by atoms with Crippen molar-refractivity contribution in [2.75, 3.05) is 18.0 Å². The van der Waals surface area contributed by atoms with Gasteiger partial charge in [-0.1, -0.05) is 116 Å². The molecule has 0 fully saturated rings.